The average Bonchev–Trinajstić information content (AvgIpc) is 2.37. The van der Waals surface area contributed by atoms with Gasteiger partial charge in [-0.3, -0.25) is 0 Å². The lowest BCUT2D eigenvalue weighted by atomic mass is 10.1. The number of anilines is 1. The first-order valence-corrected chi connectivity index (χ1v) is 5.46. The van der Waals surface area contributed by atoms with Crippen molar-refractivity contribution in [3.05, 3.63) is 59.8 Å². The molecular weight excluding hydrogens is 238 g/mol. The van der Waals surface area contributed by atoms with E-state index in [1.165, 1.54) is 24.3 Å². The highest BCUT2D eigenvalue weighted by atomic mass is 19.1. The molecule has 3 nitrogen and oxygen atoms in total. The minimum atomic E-state index is -1.02. The summed E-state index contributed by atoms with van der Waals surface area (Å²) < 4.78 is 26.2. The second-order valence-corrected chi connectivity index (χ2v) is 3.76. The summed E-state index contributed by atoms with van der Waals surface area (Å²) in [5.74, 6) is -0.787. The van der Waals surface area contributed by atoms with E-state index in [4.69, 9.17) is 0 Å². The highest BCUT2D eigenvalue weighted by Gasteiger charge is 2.11. The summed E-state index contributed by atoms with van der Waals surface area (Å²) >= 11 is 0. The molecular formula is C13H12F2N2O. The van der Waals surface area contributed by atoms with E-state index in [2.05, 4.69) is 10.3 Å². The van der Waals surface area contributed by atoms with Crippen LogP contribution in [0.3, 0.4) is 0 Å². The molecule has 2 N–H and O–H groups in total. The zero-order chi connectivity index (χ0) is 13.0. The molecule has 18 heavy (non-hydrogen) atoms. The van der Waals surface area contributed by atoms with Crippen molar-refractivity contribution in [2.75, 3.05) is 11.9 Å². The molecule has 0 radical (unpaired) electrons. The van der Waals surface area contributed by atoms with E-state index in [1.54, 1.807) is 18.2 Å². The van der Waals surface area contributed by atoms with Crippen LogP contribution < -0.4 is 5.32 Å². The third-order valence-electron chi connectivity index (χ3n) is 2.46. The number of hydrogen-bond acceptors (Lipinski definition) is 3. The van der Waals surface area contributed by atoms with Gasteiger partial charge in [-0.25, -0.2) is 9.37 Å². The Morgan fingerprint density at radius 3 is 2.61 bits per heavy atom. The fourth-order valence-corrected chi connectivity index (χ4v) is 1.56. The first-order chi connectivity index (χ1) is 8.66. The van der Waals surface area contributed by atoms with Crippen molar-refractivity contribution in [1.82, 2.24) is 4.98 Å². The Hall–Kier alpha value is -2.01. The average molecular weight is 250 g/mol. The highest BCUT2D eigenvalue weighted by molar-refractivity contribution is 5.34. The SMILES string of the molecule is OC(CNc1cccc(F)n1)c1ccccc1F. The van der Waals surface area contributed by atoms with Gasteiger partial charge in [-0.15, -0.1) is 0 Å². The van der Waals surface area contributed by atoms with Gasteiger partial charge in [-0.05, 0) is 18.2 Å². The molecule has 0 amide bonds. The number of rotatable bonds is 4. The fourth-order valence-electron chi connectivity index (χ4n) is 1.56. The van der Waals surface area contributed by atoms with E-state index in [-0.39, 0.29) is 12.1 Å². The molecule has 1 heterocycles. The van der Waals surface area contributed by atoms with Crippen molar-refractivity contribution in [3.8, 4) is 0 Å². The number of aliphatic hydroxyl groups excluding tert-OH is 1. The molecule has 0 fully saturated rings. The van der Waals surface area contributed by atoms with Crippen molar-refractivity contribution in [2.24, 2.45) is 0 Å². The van der Waals surface area contributed by atoms with Gasteiger partial charge in [0, 0.05) is 12.1 Å². The Morgan fingerprint density at radius 2 is 1.89 bits per heavy atom. The lowest BCUT2D eigenvalue weighted by Gasteiger charge is -2.13. The lowest BCUT2D eigenvalue weighted by molar-refractivity contribution is 0.186. The predicted octanol–water partition coefficient (Wildman–Crippen LogP) is 2.51. The summed E-state index contributed by atoms with van der Waals surface area (Å²) in [5, 5.41) is 12.6. The molecule has 0 aliphatic carbocycles. The van der Waals surface area contributed by atoms with Crippen LogP contribution >= 0.6 is 0 Å². The summed E-state index contributed by atoms with van der Waals surface area (Å²) in [4.78, 5) is 3.58. The smallest absolute Gasteiger partial charge is 0.214 e. The van der Waals surface area contributed by atoms with E-state index < -0.39 is 17.9 Å². The number of halogens is 2. The van der Waals surface area contributed by atoms with Gasteiger partial charge in [0.15, 0.2) is 0 Å². The Balaban J connectivity index is 2.00. The van der Waals surface area contributed by atoms with Gasteiger partial charge in [-0.2, -0.15) is 4.39 Å². The first-order valence-electron chi connectivity index (χ1n) is 5.46. The molecule has 0 aliphatic rings. The number of pyridine rings is 1. The highest BCUT2D eigenvalue weighted by Crippen LogP contribution is 2.17. The molecule has 0 saturated carbocycles. The largest absolute Gasteiger partial charge is 0.386 e. The normalized spacial score (nSPS) is 12.2. The zero-order valence-electron chi connectivity index (χ0n) is 9.48. The van der Waals surface area contributed by atoms with Gasteiger partial charge in [0.1, 0.15) is 11.6 Å². The van der Waals surface area contributed by atoms with Crippen LogP contribution in [0.25, 0.3) is 0 Å². The standard InChI is InChI=1S/C13H12F2N2O/c14-10-5-2-1-4-9(10)11(18)8-16-13-7-3-6-12(15)17-13/h1-7,11,18H,8H2,(H,16,17). The van der Waals surface area contributed by atoms with Crippen molar-refractivity contribution < 1.29 is 13.9 Å². The van der Waals surface area contributed by atoms with E-state index in [1.807, 2.05) is 0 Å². The second-order valence-electron chi connectivity index (χ2n) is 3.76. The van der Waals surface area contributed by atoms with Crippen LogP contribution in [0.4, 0.5) is 14.6 Å². The molecule has 1 aromatic carbocycles. The van der Waals surface area contributed by atoms with Crippen LogP contribution in [0.5, 0.6) is 0 Å². The van der Waals surface area contributed by atoms with Crippen LogP contribution in [0.1, 0.15) is 11.7 Å². The minimum absolute atomic E-state index is 0.0530. The number of nitrogens with zero attached hydrogens (tertiary/aromatic N) is 1. The van der Waals surface area contributed by atoms with Crippen LogP contribution in [-0.2, 0) is 0 Å². The van der Waals surface area contributed by atoms with Gasteiger partial charge in [0.25, 0.3) is 0 Å². The number of aliphatic hydroxyl groups is 1. The van der Waals surface area contributed by atoms with Crippen molar-refractivity contribution >= 4 is 5.82 Å². The van der Waals surface area contributed by atoms with Gasteiger partial charge in [0.2, 0.25) is 5.95 Å². The third-order valence-corrected chi connectivity index (χ3v) is 2.46. The molecule has 0 spiro atoms. The molecule has 5 heteroatoms. The maximum atomic E-state index is 13.4. The molecule has 1 atom stereocenters. The molecule has 94 valence electrons. The Morgan fingerprint density at radius 1 is 1.11 bits per heavy atom. The number of nitrogens with one attached hydrogen (secondary N) is 1. The van der Waals surface area contributed by atoms with E-state index in [0.29, 0.717) is 5.82 Å². The topological polar surface area (TPSA) is 45.1 Å². The fraction of sp³-hybridized carbons (Fsp3) is 0.154. The van der Waals surface area contributed by atoms with Gasteiger partial charge >= 0.3 is 0 Å². The van der Waals surface area contributed by atoms with Crippen LogP contribution in [-0.4, -0.2) is 16.6 Å². The van der Waals surface area contributed by atoms with Crippen molar-refractivity contribution in [3.63, 3.8) is 0 Å². The van der Waals surface area contributed by atoms with Gasteiger partial charge < -0.3 is 10.4 Å². The number of benzene rings is 1. The Labute approximate surface area is 103 Å². The minimum Gasteiger partial charge on any atom is -0.386 e. The summed E-state index contributed by atoms with van der Waals surface area (Å²) in [6.45, 7) is 0.0530. The van der Waals surface area contributed by atoms with Crippen LogP contribution in [0.15, 0.2) is 42.5 Å². The first kappa shape index (κ1) is 12.4. The molecule has 0 bridgehead atoms. The zero-order valence-corrected chi connectivity index (χ0v) is 9.48. The van der Waals surface area contributed by atoms with Crippen molar-refractivity contribution in [1.29, 1.82) is 0 Å². The Bertz CT molecular complexity index is 534. The van der Waals surface area contributed by atoms with Crippen LogP contribution in [0, 0.1) is 11.8 Å². The molecule has 0 saturated heterocycles. The molecule has 0 aliphatic heterocycles. The second kappa shape index (κ2) is 5.55. The summed E-state index contributed by atoms with van der Waals surface area (Å²) in [7, 11) is 0. The van der Waals surface area contributed by atoms with E-state index in [9.17, 15) is 13.9 Å². The van der Waals surface area contributed by atoms with E-state index in [0.717, 1.165) is 0 Å². The Kier molecular flexibility index (Phi) is 3.84. The van der Waals surface area contributed by atoms with Gasteiger partial charge in [0.05, 0.1) is 6.10 Å². The molecule has 2 rings (SSSR count). The summed E-state index contributed by atoms with van der Waals surface area (Å²) in [5.41, 5.74) is 0.196. The van der Waals surface area contributed by atoms with Crippen molar-refractivity contribution in [2.45, 2.75) is 6.10 Å². The summed E-state index contributed by atoms with van der Waals surface area (Å²) in [6.07, 6.45) is -1.02. The summed E-state index contributed by atoms with van der Waals surface area (Å²) in [6, 6.07) is 10.3. The maximum absolute atomic E-state index is 13.4. The predicted molar refractivity (Wildman–Crippen MR) is 64.0 cm³/mol. The number of hydrogen-bond donors (Lipinski definition) is 2. The third kappa shape index (κ3) is 3.01. The lowest BCUT2D eigenvalue weighted by Crippen LogP contribution is -2.14. The van der Waals surface area contributed by atoms with Gasteiger partial charge in [-0.1, -0.05) is 24.3 Å². The van der Waals surface area contributed by atoms with Crippen LogP contribution in [0.2, 0.25) is 0 Å². The maximum Gasteiger partial charge on any atom is 0.214 e. The molecule has 1 aromatic heterocycles. The van der Waals surface area contributed by atoms with E-state index >= 15 is 0 Å². The monoisotopic (exact) mass is 250 g/mol. The molecule has 2 aromatic rings. The quantitative estimate of drug-likeness (QED) is 0.819. The molecule has 1 unspecified atom stereocenters. The number of aromatic nitrogens is 1.